The zero-order valence-electron chi connectivity index (χ0n) is 11.1. The number of aromatic nitrogens is 2. The Kier molecular flexibility index (Phi) is 4.59. The van der Waals surface area contributed by atoms with E-state index in [0.29, 0.717) is 11.8 Å². The minimum Gasteiger partial charge on any atom is -0.463 e. The molecule has 2 heterocycles. The lowest BCUT2D eigenvalue weighted by molar-refractivity contribution is -0.141. The van der Waals surface area contributed by atoms with Crippen molar-refractivity contribution in [3.05, 3.63) is 45.8 Å². The number of halogens is 3. The number of hydrogen-bond donors (Lipinski definition) is 1. The summed E-state index contributed by atoms with van der Waals surface area (Å²) in [6.45, 7) is 0. The number of H-pyrrole nitrogens is 1. The lowest BCUT2D eigenvalue weighted by atomic mass is 10.4. The first-order valence-electron chi connectivity index (χ1n) is 5.78. The summed E-state index contributed by atoms with van der Waals surface area (Å²) in [7, 11) is 1.19. The largest absolute Gasteiger partial charge is 0.463 e. The van der Waals surface area contributed by atoms with Crippen molar-refractivity contribution in [2.75, 3.05) is 7.11 Å². The number of methoxy groups -OCH3 is 1. The molecule has 0 aliphatic heterocycles. The molecule has 0 unspecified atom stereocenters. The minimum absolute atomic E-state index is 0.0244. The average molecular weight is 334 g/mol. The molecule has 0 saturated heterocycles. The Balaban J connectivity index is 2.12. The van der Waals surface area contributed by atoms with Crippen LogP contribution in [-0.2, 0) is 16.7 Å². The Morgan fingerprint density at radius 2 is 2.18 bits per heavy atom. The van der Waals surface area contributed by atoms with Gasteiger partial charge in [-0.05, 0) is 12.1 Å². The van der Waals surface area contributed by atoms with Gasteiger partial charge in [0.1, 0.15) is 5.76 Å². The van der Waals surface area contributed by atoms with E-state index in [1.807, 2.05) is 0 Å². The number of esters is 1. The van der Waals surface area contributed by atoms with Gasteiger partial charge in [0, 0.05) is 6.07 Å². The number of nitrogens with zero attached hydrogens (tertiary/aromatic N) is 1. The molecule has 0 atom stereocenters. The van der Waals surface area contributed by atoms with Gasteiger partial charge >= 0.3 is 12.1 Å². The van der Waals surface area contributed by atoms with Crippen LogP contribution in [0.2, 0.25) is 0 Å². The van der Waals surface area contributed by atoms with Crippen LogP contribution in [-0.4, -0.2) is 23.0 Å². The summed E-state index contributed by atoms with van der Waals surface area (Å²) in [4.78, 5) is 27.9. The average Bonchev–Trinajstić information content (AvgIpc) is 2.91. The highest BCUT2D eigenvalue weighted by molar-refractivity contribution is 7.98. The van der Waals surface area contributed by atoms with E-state index in [2.05, 4.69) is 14.7 Å². The number of thioether (sulfide) groups is 1. The van der Waals surface area contributed by atoms with Gasteiger partial charge in [0.15, 0.2) is 10.9 Å². The number of aromatic amines is 1. The van der Waals surface area contributed by atoms with E-state index < -0.39 is 23.4 Å². The van der Waals surface area contributed by atoms with Gasteiger partial charge in [0.25, 0.3) is 5.56 Å². The van der Waals surface area contributed by atoms with Crippen LogP contribution in [0, 0.1) is 0 Å². The molecule has 118 valence electrons. The number of hydrogen-bond acceptors (Lipinski definition) is 6. The molecular formula is C12H9F3N2O4S. The summed E-state index contributed by atoms with van der Waals surface area (Å²) in [6, 6.07) is 3.24. The van der Waals surface area contributed by atoms with Crippen LogP contribution in [0.25, 0.3) is 0 Å². The van der Waals surface area contributed by atoms with Crippen LogP contribution in [0.1, 0.15) is 22.0 Å². The number of nitrogens with one attached hydrogen (secondary N) is 1. The highest BCUT2D eigenvalue weighted by Gasteiger charge is 2.33. The first-order valence-corrected chi connectivity index (χ1v) is 6.76. The van der Waals surface area contributed by atoms with Gasteiger partial charge in [-0.1, -0.05) is 11.8 Å². The Labute approximate surface area is 125 Å². The number of rotatable bonds is 4. The van der Waals surface area contributed by atoms with Gasteiger partial charge in [-0.25, -0.2) is 9.78 Å². The predicted octanol–water partition coefficient (Wildman–Crippen LogP) is 2.46. The molecule has 0 bridgehead atoms. The number of furan rings is 1. The summed E-state index contributed by atoms with van der Waals surface area (Å²) >= 11 is 0.838. The predicted molar refractivity (Wildman–Crippen MR) is 69.5 cm³/mol. The van der Waals surface area contributed by atoms with Gasteiger partial charge in [-0.15, -0.1) is 0 Å². The first kappa shape index (κ1) is 16.1. The van der Waals surface area contributed by atoms with Gasteiger partial charge in [0.2, 0.25) is 5.76 Å². The van der Waals surface area contributed by atoms with Crippen LogP contribution in [0.3, 0.4) is 0 Å². The molecule has 0 aliphatic rings. The molecule has 22 heavy (non-hydrogen) atoms. The van der Waals surface area contributed by atoms with Crippen LogP contribution < -0.4 is 5.56 Å². The molecule has 2 aromatic heterocycles. The number of alkyl halides is 3. The van der Waals surface area contributed by atoms with Crippen molar-refractivity contribution in [1.82, 2.24) is 9.97 Å². The van der Waals surface area contributed by atoms with E-state index in [1.54, 1.807) is 0 Å². The SMILES string of the molecule is COC(=O)c1ccc(CSc2nc(C(F)(F)F)cc(=O)[nH]2)o1. The quantitative estimate of drug-likeness (QED) is 0.525. The summed E-state index contributed by atoms with van der Waals surface area (Å²) in [5.41, 5.74) is -2.17. The van der Waals surface area contributed by atoms with E-state index in [1.165, 1.54) is 19.2 Å². The second kappa shape index (κ2) is 6.26. The highest BCUT2D eigenvalue weighted by atomic mass is 32.2. The Hall–Kier alpha value is -2.23. The van der Waals surface area contributed by atoms with Crippen LogP contribution in [0.15, 0.2) is 32.6 Å². The van der Waals surface area contributed by atoms with Gasteiger partial charge in [0.05, 0.1) is 12.9 Å². The van der Waals surface area contributed by atoms with Crippen LogP contribution in [0.5, 0.6) is 0 Å². The monoisotopic (exact) mass is 334 g/mol. The zero-order valence-corrected chi connectivity index (χ0v) is 11.9. The molecule has 10 heteroatoms. The van der Waals surface area contributed by atoms with Crippen molar-refractivity contribution < 1.29 is 27.1 Å². The lowest BCUT2D eigenvalue weighted by Crippen LogP contribution is -2.16. The second-order valence-electron chi connectivity index (χ2n) is 3.98. The fourth-order valence-electron chi connectivity index (χ4n) is 1.45. The maximum absolute atomic E-state index is 12.5. The Bertz CT molecular complexity index is 738. The van der Waals surface area contributed by atoms with Crippen molar-refractivity contribution in [3.8, 4) is 0 Å². The Morgan fingerprint density at radius 1 is 1.45 bits per heavy atom. The van der Waals surface area contributed by atoms with Crippen molar-refractivity contribution >= 4 is 17.7 Å². The minimum atomic E-state index is -4.70. The molecule has 0 amide bonds. The topological polar surface area (TPSA) is 85.2 Å². The third kappa shape index (κ3) is 3.91. The van der Waals surface area contributed by atoms with E-state index in [4.69, 9.17) is 4.42 Å². The summed E-state index contributed by atoms with van der Waals surface area (Å²) in [6.07, 6.45) is -4.70. The molecule has 0 fully saturated rings. The van der Waals surface area contributed by atoms with E-state index in [-0.39, 0.29) is 16.7 Å². The van der Waals surface area contributed by atoms with Gasteiger partial charge < -0.3 is 14.1 Å². The normalized spacial score (nSPS) is 11.5. The smallest absolute Gasteiger partial charge is 0.433 e. The lowest BCUT2D eigenvalue weighted by Gasteiger charge is -2.06. The van der Waals surface area contributed by atoms with E-state index >= 15 is 0 Å². The summed E-state index contributed by atoms with van der Waals surface area (Å²) < 4.78 is 47.2. The first-order chi connectivity index (χ1) is 10.3. The standard InChI is InChI=1S/C12H9F3N2O4S/c1-20-10(19)7-3-2-6(21-7)5-22-11-16-8(12(13,14)15)4-9(18)17-11/h2-4H,5H2,1H3,(H,16,17,18). The van der Waals surface area contributed by atoms with Crippen molar-refractivity contribution in [1.29, 1.82) is 0 Å². The van der Waals surface area contributed by atoms with Crippen LogP contribution in [0.4, 0.5) is 13.2 Å². The molecule has 1 N–H and O–H groups in total. The number of carbonyl (C=O) groups excluding carboxylic acids is 1. The molecule has 0 aromatic carbocycles. The van der Waals surface area contributed by atoms with Crippen molar-refractivity contribution in [3.63, 3.8) is 0 Å². The molecule has 6 nitrogen and oxygen atoms in total. The molecule has 2 aromatic rings. The molecular weight excluding hydrogens is 325 g/mol. The highest BCUT2D eigenvalue weighted by Crippen LogP contribution is 2.28. The Morgan fingerprint density at radius 3 is 2.82 bits per heavy atom. The zero-order chi connectivity index (χ0) is 16.3. The maximum atomic E-state index is 12.5. The van der Waals surface area contributed by atoms with Crippen molar-refractivity contribution in [2.45, 2.75) is 17.1 Å². The molecule has 0 radical (unpaired) electrons. The van der Waals surface area contributed by atoms with Crippen LogP contribution >= 0.6 is 11.8 Å². The third-order valence-corrected chi connectivity index (χ3v) is 3.31. The second-order valence-corrected chi connectivity index (χ2v) is 4.94. The van der Waals surface area contributed by atoms with E-state index in [0.717, 1.165) is 11.8 Å². The molecule has 0 aliphatic carbocycles. The van der Waals surface area contributed by atoms with E-state index in [9.17, 15) is 22.8 Å². The maximum Gasteiger partial charge on any atom is 0.433 e. The fourth-order valence-corrected chi connectivity index (χ4v) is 2.22. The van der Waals surface area contributed by atoms with Gasteiger partial charge in [-0.3, -0.25) is 4.79 Å². The molecule has 0 spiro atoms. The van der Waals surface area contributed by atoms with Gasteiger partial charge in [-0.2, -0.15) is 13.2 Å². The molecule has 0 saturated carbocycles. The number of carbonyl (C=O) groups is 1. The summed E-state index contributed by atoms with van der Waals surface area (Å²) in [5, 5.41) is -0.198. The number of ether oxygens (including phenoxy) is 1. The third-order valence-electron chi connectivity index (χ3n) is 2.41. The summed E-state index contributed by atoms with van der Waals surface area (Å²) in [5.74, 6) is -0.280. The fraction of sp³-hybridized carbons (Fsp3) is 0.250. The van der Waals surface area contributed by atoms with Crippen molar-refractivity contribution in [2.24, 2.45) is 0 Å². The molecule has 2 rings (SSSR count).